The summed E-state index contributed by atoms with van der Waals surface area (Å²) >= 11 is 0. The Bertz CT molecular complexity index is 820. The van der Waals surface area contributed by atoms with Crippen LogP contribution in [0.15, 0.2) is 30.4 Å². The maximum atomic E-state index is 13.2. The first kappa shape index (κ1) is 18.2. The highest BCUT2D eigenvalue weighted by atomic mass is 16.5. The molecule has 1 aromatic rings. The molecule has 144 valence electrons. The molecule has 2 fully saturated rings. The first-order chi connectivity index (χ1) is 12.9. The number of carbonyl (C=O) groups is 2. The number of aliphatic hydroxyl groups is 1. The van der Waals surface area contributed by atoms with Gasteiger partial charge in [0.2, 0.25) is 11.8 Å². The van der Waals surface area contributed by atoms with E-state index in [1.54, 1.807) is 7.05 Å². The van der Waals surface area contributed by atoms with Crippen molar-refractivity contribution in [1.29, 1.82) is 0 Å². The molecule has 0 unspecified atom stereocenters. The molecule has 4 rings (SSSR count). The van der Waals surface area contributed by atoms with Crippen molar-refractivity contribution in [3.05, 3.63) is 47.0 Å². The summed E-state index contributed by atoms with van der Waals surface area (Å²) in [5.74, 6) is -1.14. The molecular formula is C21H26N2O4. The highest BCUT2D eigenvalue weighted by Crippen LogP contribution is 2.52. The molecule has 6 heteroatoms. The van der Waals surface area contributed by atoms with Gasteiger partial charge in [-0.25, -0.2) is 0 Å². The minimum Gasteiger partial charge on any atom is -0.395 e. The van der Waals surface area contributed by atoms with Crippen LogP contribution in [0.25, 0.3) is 0 Å². The average Bonchev–Trinajstić information content (AvgIpc) is 3.26. The monoisotopic (exact) mass is 370 g/mol. The van der Waals surface area contributed by atoms with Gasteiger partial charge in [-0.1, -0.05) is 30.4 Å². The Morgan fingerprint density at radius 2 is 2.15 bits per heavy atom. The Kier molecular flexibility index (Phi) is 4.35. The Morgan fingerprint density at radius 1 is 1.37 bits per heavy atom. The number of carbonyl (C=O) groups excluding carboxylic acids is 2. The third-order valence-electron chi connectivity index (χ3n) is 6.22. The Hall–Kier alpha value is -2.18. The van der Waals surface area contributed by atoms with Crippen LogP contribution < -0.4 is 0 Å². The second-order valence-electron chi connectivity index (χ2n) is 8.00. The van der Waals surface area contributed by atoms with Gasteiger partial charge in [0.05, 0.1) is 31.1 Å². The van der Waals surface area contributed by atoms with Gasteiger partial charge in [0, 0.05) is 20.1 Å². The Labute approximate surface area is 159 Å². The lowest BCUT2D eigenvalue weighted by atomic mass is 9.76. The summed E-state index contributed by atoms with van der Waals surface area (Å²) in [6, 6.07) is 6.23. The molecule has 3 heterocycles. The van der Waals surface area contributed by atoms with E-state index >= 15 is 0 Å². The first-order valence-electron chi connectivity index (χ1n) is 9.44. The summed E-state index contributed by atoms with van der Waals surface area (Å²) in [4.78, 5) is 29.4. The van der Waals surface area contributed by atoms with Crippen molar-refractivity contribution in [2.45, 2.75) is 32.1 Å². The second kappa shape index (κ2) is 6.46. The Morgan fingerprint density at radius 3 is 2.85 bits per heavy atom. The van der Waals surface area contributed by atoms with Crippen LogP contribution in [0.3, 0.4) is 0 Å². The lowest BCUT2D eigenvalue weighted by Gasteiger charge is -2.27. The molecule has 0 radical (unpaired) electrons. The number of hydrogen-bond donors (Lipinski definition) is 1. The normalized spacial score (nSPS) is 30.9. The molecule has 3 aliphatic heterocycles. The van der Waals surface area contributed by atoms with Gasteiger partial charge >= 0.3 is 0 Å². The van der Waals surface area contributed by atoms with Crippen LogP contribution >= 0.6 is 0 Å². The van der Waals surface area contributed by atoms with Crippen LogP contribution in [0.4, 0.5) is 0 Å². The van der Waals surface area contributed by atoms with E-state index < -0.39 is 17.4 Å². The van der Waals surface area contributed by atoms with E-state index in [0.29, 0.717) is 13.1 Å². The van der Waals surface area contributed by atoms with Crippen molar-refractivity contribution in [2.75, 3.05) is 26.7 Å². The molecule has 2 saturated heterocycles. The van der Waals surface area contributed by atoms with Crippen molar-refractivity contribution in [2.24, 2.45) is 11.8 Å². The number of benzene rings is 1. The largest absolute Gasteiger partial charge is 0.395 e. The maximum Gasteiger partial charge on any atom is 0.230 e. The van der Waals surface area contributed by atoms with Crippen LogP contribution in [0, 0.1) is 25.7 Å². The highest BCUT2D eigenvalue weighted by Gasteiger charge is 2.67. The van der Waals surface area contributed by atoms with E-state index in [2.05, 4.69) is 26.0 Å². The van der Waals surface area contributed by atoms with Crippen LogP contribution in [0.5, 0.6) is 0 Å². The molecule has 27 heavy (non-hydrogen) atoms. The number of rotatable bonds is 5. The molecule has 3 aliphatic rings. The molecule has 0 aliphatic carbocycles. The lowest BCUT2D eigenvalue weighted by Crippen LogP contribution is -2.45. The smallest absolute Gasteiger partial charge is 0.230 e. The number of hydrogen-bond acceptors (Lipinski definition) is 4. The molecule has 1 spiro atoms. The quantitative estimate of drug-likeness (QED) is 0.786. The van der Waals surface area contributed by atoms with Crippen molar-refractivity contribution in [1.82, 2.24) is 9.80 Å². The molecule has 4 atom stereocenters. The second-order valence-corrected chi connectivity index (χ2v) is 8.00. The maximum absolute atomic E-state index is 13.2. The average molecular weight is 370 g/mol. The summed E-state index contributed by atoms with van der Waals surface area (Å²) in [5.41, 5.74) is 2.82. The highest BCUT2D eigenvalue weighted by molar-refractivity contribution is 5.93. The third kappa shape index (κ3) is 2.78. The molecule has 1 aromatic carbocycles. The van der Waals surface area contributed by atoms with E-state index in [4.69, 9.17) is 9.84 Å². The predicted octanol–water partition coefficient (Wildman–Crippen LogP) is 1.04. The molecule has 0 aromatic heterocycles. The minimum absolute atomic E-state index is 0.0178. The van der Waals surface area contributed by atoms with Gasteiger partial charge in [0.1, 0.15) is 5.60 Å². The van der Waals surface area contributed by atoms with Crippen LogP contribution in [-0.4, -0.2) is 65.2 Å². The van der Waals surface area contributed by atoms with Gasteiger partial charge in [-0.05, 0) is 30.5 Å². The van der Waals surface area contributed by atoms with E-state index in [-0.39, 0.29) is 31.1 Å². The van der Waals surface area contributed by atoms with Gasteiger partial charge < -0.3 is 19.6 Å². The lowest BCUT2D eigenvalue weighted by molar-refractivity contribution is -0.142. The number of fused-ring (bicyclic) bond motifs is 1. The van der Waals surface area contributed by atoms with Crippen LogP contribution in [0.2, 0.25) is 0 Å². The number of ether oxygens (including phenoxy) is 1. The van der Waals surface area contributed by atoms with Crippen molar-refractivity contribution in [3.63, 3.8) is 0 Å². The molecule has 2 amide bonds. The number of likely N-dealkylation sites (tertiary alicyclic amines) is 1. The van der Waals surface area contributed by atoms with E-state index in [1.165, 1.54) is 16.0 Å². The van der Waals surface area contributed by atoms with Crippen LogP contribution in [0.1, 0.15) is 16.7 Å². The molecule has 6 nitrogen and oxygen atoms in total. The molecule has 0 saturated carbocycles. The van der Waals surface area contributed by atoms with Gasteiger partial charge in [0.15, 0.2) is 0 Å². The van der Waals surface area contributed by atoms with E-state index in [9.17, 15) is 9.59 Å². The summed E-state index contributed by atoms with van der Waals surface area (Å²) in [7, 11) is 1.66. The van der Waals surface area contributed by atoms with Crippen molar-refractivity contribution >= 4 is 11.8 Å². The van der Waals surface area contributed by atoms with Gasteiger partial charge in [-0.3, -0.25) is 9.59 Å². The Balaban J connectivity index is 1.57. The minimum atomic E-state index is -0.693. The first-order valence-corrected chi connectivity index (χ1v) is 9.44. The number of aliphatic hydroxyl groups excluding tert-OH is 1. The fraction of sp³-hybridized carbons (Fsp3) is 0.524. The number of nitrogens with zero attached hydrogens (tertiary/aromatic N) is 2. The topological polar surface area (TPSA) is 70.1 Å². The zero-order valence-electron chi connectivity index (χ0n) is 16.0. The summed E-state index contributed by atoms with van der Waals surface area (Å²) in [6.45, 7) is 5.29. The van der Waals surface area contributed by atoms with Crippen molar-refractivity contribution < 1.29 is 19.4 Å². The third-order valence-corrected chi connectivity index (χ3v) is 6.22. The fourth-order valence-electron chi connectivity index (χ4n) is 4.63. The summed E-state index contributed by atoms with van der Waals surface area (Å²) in [6.07, 6.45) is 3.53. The zero-order valence-corrected chi connectivity index (χ0v) is 16.0. The van der Waals surface area contributed by atoms with Crippen LogP contribution in [-0.2, 0) is 20.9 Å². The molecule has 2 bridgehead atoms. The SMILES string of the molecule is Cc1ccc(CN2C[C@]34C=C[C@H](O3)[C@H](C(=O)N(C)CCO)[C@@H]4C2=O)cc1C. The standard InChI is InChI=1S/C21H26N2O4/c1-13-4-5-15(10-14(13)2)11-23-12-21-7-6-16(27-21)17(18(21)20(23)26)19(25)22(3)8-9-24/h4-7,10,16-18,24H,8-9,11-12H2,1-3H3/t16-,17-,18+,21-/m0/s1. The number of aryl methyl sites for hydroxylation is 2. The zero-order chi connectivity index (χ0) is 19.3. The van der Waals surface area contributed by atoms with Gasteiger partial charge in [0.25, 0.3) is 0 Å². The number of likely N-dealkylation sites (N-methyl/N-ethyl adjacent to an activating group) is 1. The van der Waals surface area contributed by atoms with Crippen molar-refractivity contribution in [3.8, 4) is 0 Å². The summed E-state index contributed by atoms with van der Waals surface area (Å²) in [5, 5.41) is 9.13. The van der Waals surface area contributed by atoms with Gasteiger partial charge in [-0.2, -0.15) is 0 Å². The fourth-order valence-corrected chi connectivity index (χ4v) is 4.63. The van der Waals surface area contributed by atoms with E-state index in [1.807, 2.05) is 23.1 Å². The van der Waals surface area contributed by atoms with E-state index in [0.717, 1.165) is 5.56 Å². The molecular weight excluding hydrogens is 344 g/mol. The van der Waals surface area contributed by atoms with Gasteiger partial charge in [-0.15, -0.1) is 0 Å². The summed E-state index contributed by atoms with van der Waals surface area (Å²) < 4.78 is 6.14. The molecule has 1 N–H and O–H groups in total. The number of amides is 2. The predicted molar refractivity (Wildman–Crippen MR) is 99.8 cm³/mol.